The topological polar surface area (TPSA) is 72.0 Å². The Balaban J connectivity index is 1.97. The number of aromatic nitrogens is 2. The second-order valence-electron chi connectivity index (χ2n) is 5.56. The number of carbonyl (C=O) groups excluding carboxylic acids is 1. The Hall–Kier alpha value is -2.95. The third-order valence-corrected chi connectivity index (χ3v) is 3.62. The van der Waals surface area contributed by atoms with Crippen molar-refractivity contribution < 1.29 is 9.53 Å². The minimum absolute atomic E-state index is 0.0927. The molecule has 0 radical (unpaired) electrons. The van der Waals surface area contributed by atoms with E-state index in [4.69, 9.17) is 4.74 Å². The largest absolute Gasteiger partial charge is 0.422 e. The zero-order chi connectivity index (χ0) is 16.4. The highest BCUT2D eigenvalue weighted by molar-refractivity contribution is 6.02. The molecular weight excluding hydrogens is 292 g/mol. The standard InChI is InChI=1S/C18H16N2O3/c1-11(2)12-6-5-7-13(10-12)23-18(22)16-14-8-3-4-9-15(14)17(21)20-19-16/h3-11H,1-2H3,(H,20,21). The lowest BCUT2D eigenvalue weighted by Crippen LogP contribution is -2.17. The highest BCUT2D eigenvalue weighted by atomic mass is 16.5. The summed E-state index contributed by atoms with van der Waals surface area (Å²) >= 11 is 0. The van der Waals surface area contributed by atoms with E-state index in [1.807, 2.05) is 18.2 Å². The summed E-state index contributed by atoms with van der Waals surface area (Å²) in [6, 6.07) is 14.2. The van der Waals surface area contributed by atoms with E-state index < -0.39 is 5.97 Å². The first kappa shape index (κ1) is 15.0. The van der Waals surface area contributed by atoms with Gasteiger partial charge in [-0.3, -0.25) is 4.79 Å². The third-order valence-electron chi connectivity index (χ3n) is 3.62. The first-order valence-electron chi connectivity index (χ1n) is 7.36. The van der Waals surface area contributed by atoms with Gasteiger partial charge in [0.05, 0.1) is 5.39 Å². The zero-order valence-corrected chi connectivity index (χ0v) is 12.9. The number of ether oxygens (including phenoxy) is 1. The van der Waals surface area contributed by atoms with Crippen molar-refractivity contribution in [2.75, 3.05) is 0 Å². The van der Waals surface area contributed by atoms with Crippen molar-refractivity contribution in [2.24, 2.45) is 0 Å². The smallest absolute Gasteiger partial charge is 0.364 e. The number of nitrogens with one attached hydrogen (secondary N) is 1. The summed E-state index contributed by atoms with van der Waals surface area (Å²) in [4.78, 5) is 24.2. The molecule has 0 fully saturated rings. The second kappa shape index (κ2) is 6.04. The van der Waals surface area contributed by atoms with Crippen LogP contribution in [0.3, 0.4) is 0 Å². The van der Waals surface area contributed by atoms with Gasteiger partial charge in [-0.2, -0.15) is 5.10 Å². The van der Waals surface area contributed by atoms with Gasteiger partial charge >= 0.3 is 5.97 Å². The maximum atomic E-state index is 12.4. The summed E-state index contributed by atoms with van der Waals surface area (Å²) in [6.45, 7) is 4.13. The highest BCUT2D eigenvalue weighted by Gasteiger charge is 2.16. The van der Waals surface area contributed by atoms with Gasteiger partial charge < -0.3 is 4.74 Å². The molecule has 5 heteroatoms. The molecule has 0 amide bonds. The molecule has 0 saturated heterocycles. The second-order valence-corrected chi connectivity index (χ2v) is 5.56. The van der Waals surface area contributed by atoms with E-state index in [0.717, 1.165) is 5.56 Å². The molecule has 0 spiro atoms. The molecule has 0 aliphatic rings. The molecule has 0 aliphatic heterocycles. The molecular formula is C18H16N2O3. The van der Waals surface area contributed by atoms with Crippen LogP contribution in [0.2, 0.25) is 0 Å². The molecule has 0 saturated carbocycles. The summed E-state index contributed by atoms with van der Waals surface area (Å²) in [7, 11) is 0. The van der Waals surface area contributed by atoms with Gasteiger partial charge in [-0.05, 0) is 29.7 Å². The average Bonchev–Trinajstić information content (AvgIpc) is 2.55. The lowest BCUT2D eigenvalue weighted by molar-refractivity contribution is 0.0729. The molecule has 116 valence electrons. The molecule has 3 rings (SSSR count). The summed E-state index contributed by atoms with van der Waals surface area (Å²) < 4.78 is 5.42. The van der Waals surface area contributed by atoms with E-state index in [1.54, 1.807) is 30.3 Å². The van der Waals surface area contributed by atoms with E-state index in [-0.39, 0.29) is 11.3 Å². The van der Waals surface area contributed by atoms with Crippen LogP contribution < -0.4 is 10.3 Å². The number of nitrogens with zero attached hydrogens (tertiary/aromatic N) is 1. The average molecular weight is 308 g/mol. The number of fused-ring (bicyclic) bond motifs is 1. The van der Waals surface area contributed by atoms with Gasteiger partial charge in [0.1, 0.15) is 5.75 Å². The molecule has 0 aliphatic carbocycles. The maximum absolute atomic E-state index is 12.4. The fourth-order valence-electron chi connectivity index (χ4n) is 2.36. The molecule has 23 heavy (non-hydrogen) atoms. The SMILES string of the molecule is CC(C)c1cccc(OC(=O)c2n[nH]c(=O)c3ccccc23)c1. The number of esters is 1. The minimum atomic E-state index is -0.599. The molecule has 1 heterocycles. The Morgan fingerprint density at radius 2 is 1.83 bits per heavy atom. The van der Waals surface area contributed by atoms with Crippen molar-refractivity contribution in [1.29, 1.82) is 0 Å². The van der Waals surface area contributed by atoms with Gasteiger partial charge in [0.25, 0.3) is 5.56 Å². The molecule has 5 nitrogen and oxygen atoms in total. The molecule has 2 aromatic carbocycles. The molecule has 1 N–H and O–H groups in total. The Morgan fingerprint density at radius 1 is 1.09 bits per heavy atom. The van der Waals surface area contributed by atoms with E-state index >= 15 is 0 Å². The molecule has 0 unspecified atom stereocenters. The first-order chi connectivity index (χ1) is 11.1. The quantitative estimate of drug-likeness (QED) is 0.595. The zero-order valence-electron chi connectivity index (χ0n) is 12.9. The van der Waals surface area contributed by atoms with Crippen molar-refractivity contribution in [3.05, 3.63) is 70.1 Å². The first-order valence-corrected chi connectivity index (χ1v) is 7.36. The van der Waals surface area contributed by atoms with Gasteiger partial charge in [0.15, 0.2) is 5.69 Å². The number of benzene rings is 2. The van der Waals surface area contributed by atoms with Crippen molar-refractivity contribution in [3.8, 4) is 5.75 Å². The number of hydrogen-bond acceptors (Lipinski definition) is 4. The lowest BCUT2D eigenvalue weighted by Gasteiger charge is -2.09. The maximum Gasteiger partial charge on any atom is 0.364 e. The molecule has 0 atom stereocenters. The van der Waals surface area contributed by atoms with Gasteiger partial charge in [-0.1, -0.05) is 44.2 Å². The Morgan fingerprint density at radius 3 is 2.57 bits per heavy atom. The van der Waals surface area contributed by atoms with Crippen LogP contribution in [0.25, 0.3) is 10.8 Å². The number of H-pyrrole nitrogens is 1. The summed E-state index contributed by atoms with van der Waals surface area (Å²) in [6.07, 6.45) is 0. The molecule has 0 bridgehead atoms. The third kappa shape index (κ3) is 2.99. The van der Waals surface area contributed by atoms with E-state index in [0.29, 0.717) is 22.4 Å². The van der Waals surface area contributed by atoms with E-state index in [2.05, 4.69) is 24.0 Å². The Labute approximate surface area is 132 Å². The van der Waals surface area contributed by atoms with Crippen molar-refractivity contribution in [2.45, 2.75) is 19.8 Å². The fraction of sp³-hybridized carbons (Fsp3) is 0.167. The number of hydrogen-bond donors (Lipinski definition) is 1. The van der Waals surface area contributed by atoms with Gasteiger partial charge in [-0.25, -0.2) is 9.89 Å². The van der Waals surface area contributed by atoms with Crippen LogP contribution in [0.4, 0.5) is 0 Å². The molecule has 3 aromatic rings. The van der Waals surface area contributed by atoms with Crippen molar-refractivity contribution in [3.63, 3.8) is 0 Å². The summed E-state index contributed by atoms with van der Waals surface area (Å²) in [5.74, 6) is 0.192. The van der Waals surface area contributed by atoms with E-state index in [1.165, 1.54) is 0 Å². The van der Waals surface area contributed by atoms with Crippen LogP contribution in [0, 0.1) is 0 Å². The van der Waals surface area contributed by atoms with Crippen LogP contribution in [0.5, 0.6) is 5.75 Å². The fourth-order valence-corrected chi connectivity index (χ4v) is 2.36. The predicted molar refractivity (Wildman–Crippen MR) is 87.9 cm³/mol. The Bertz CT molecular complexity index is 929. The van der Waals surface area contributed by atoms with Crippen LogP contribution in [0.15, 0.2) is 53.3 Å². The van der Waals surface area contributed by atoms with Gasteiger partial charge in [-0.15, -0.1) is 0 Å². The number of aromatic amines is 1. The van der Waals surface area contributed by atoms with Gasteiger partial charge in [0.2, 0.25) is 0 Å². The van der Waals surface area contributed by atoms with Crippen molar-refractivity contribution in [1.82, 2.24) is 10.2 Å². The number of carbonyl (C=O) groups is 1. The number of rotatable bonds is 3. The summed E-state index contributed by atoms with van der Waals surface area (Å²) in [5.41, 5.74) is 0.837. The monoisotopic (exact) mass is 308 g/mol. The van der Waals surface area contributed by atoms with Crippen molar-refractivity contribution >= 4 is 16.7 Å². The predicted octanol–water partition coefficient (Wildman–Crippen LogP) is 3.27. The van der Waals surface area contributed by atoms with E-state index in [9.17, 15) is 9.59 Å². The summed E-state index contributed by atoms with van der Waals surface area (Å²) in [5, 5.41) is 7.06. The normalized spacial score (nSPS) is 10.9. The molecule has 1 aromatic heterocycles. The highest BCUT2D eigenvalue weighted by Crippen LogP contribution is 2.21. The van der Waals surface area contributed by atoms with Crippen LogP contribution in [0.1, 0.15) is 35.8 Å². The Kier molecular flexibility index (Phi) is 3.93. The van der Waals surface area contributed by atoms with Gasteiger partial charge in [0, 0.05) is 5.39 Å². The van der Waals surface area contributed by atoms with Crippen LogP contribution in [-0.2, 0) is 0 Å². The van der Waals surface area contributed by atoms with Crippen LogP contribution >= 0.6 is 0 Å². The minimum Gasteiger partial charge on any atom is -0.422 e. The van der Waals surface area contributed by atoms with Crippen LogP contribution in [-0.4, -0.2) is 16.2 Å². The lowest BCUT2D eigenvalue weighted by atomic mass is 10.0.